The lowest BCUT2D eigenvalue weighted by molar-refractivity contribution is -0.142. The van der Waals surface area contributed by atoms with Gasteiger partial charge in [0, 0.05) is 24.2 Å². The Bertz CT molecular complexity index is 751. The number of methoxy groups -OCH3 is 1. The van der Waals surface area contributed by atoms with E-state index >= 15 is 0 Å². The average Bonchev–Trinajstić information content (AvgIpc) is 2.73. The lowest BCUT2D eigenvalue weighted by Gasteiger charge is -2.22. The van der Waals surface area contributed by atoms with Gasteiger partial charge in [-0.1, -0.05) is 42.8 Å². The third-order valence-electron chi connectivity index (χ3n) is 4.44. The van der Waals surface area contributed by atoms with Gasteiger partial charge in [-0.05, 0) is 55.2 Å². The van der Waals surface area contributed by atoms with E-state index in [0.29, 0.717) is 18.9 Å². The number of carbonyl (C=O) groups is 1. The summed E-state index contributed by atoms with van der Waals surface area (Å²) in [6, 6.07) is 15.8. The number of nitrogens with one attached hydrogen (secondary N) is 1. The van der Waals surface area contributed by atoms with Crippen LogP contribution in [-0.2, 0) is 20.7 Å². The number of rotatable bonds is 12. The smallest absolute Gasteiger partial charge is 0.343 e. The molecule has 0 aliphatic carbocycles. The molecule has 29 heavy (non-hydrogen) atoms. The maximum absolute atomic E-state index is 11.1. The van der Waals surface area contributed by atoms with Crippen molar-refractivity contribution in [3.63, 3.8) is 0 Å². The molecule has 0 radical (unpaired) electrons. The van der Waals surface area contributed by atoms with Crippen molar-refractivity contribution in [3.05, 3.63) is 64.7 Å². The fourth-order valence-corrected chi connectivity index (χ4v) is 3.10. The van der Waals surface area contributed by atoms with Crippen LogP contribution < -0.4 is 10.1 Å². The van der Waals surface area contributed by atoms with Crippen LogP contribution in [0.15, 0.2) is 48.5 Å². The molecule has 0 bridgehead atoms. The molecule has 0 saturated carbocycles. The van der Waals surface area contributed by atoms with Crippen molar-refractivity contribution in [1.82, 2.24) is 5.32 Å². The molecule has 0 saturated heterocycles. The van der Waals surface area contributed by atoms with Gasteiger partial charge in [-0.2, -0.15) is 0 Å². The fourth-order valence-electron chi connectivity index (χ4n) is 2.90. The Morgan fingerprint density at radius 2 is 1.93 bits per heavy atom. The van der Waals surface area contributed by atoms with Gasteiger partial charge in [0.1, 0.15) is 5.75 Å². The Morgan fingerprint density at radius 3 is 2.59 bits per heavy atom. The highest BCUT2D eigenvalue weighted by molar-refractivity contribution is 6.30. The molecular weight excluding hydrogens is 390 g/mol. The van der Waals surface area contributed by atoms with E-state index in [-0.39, 0.29) is 18.8 Å². The highest BCUT2D eigenvalue weighted by atomic mass is 35.5. The van der Waals surface area contributed by atoms with E-state index < -0.39 is 5.97 Å². The van der Waals surface area contributed by atoms with E-state index in [4.69, 9.17) is 21.1 Å². The first-order valence-corrected chi connectivity index (χ1v) is 10.3. The molecule has 158 valence electrons. The maximum Gasteiger partial charge on any atom is 0.343 e. The van der Waals surface area contributed by atoms with Crippen molar-refractivity contribution in [3.8, 4) is 5.75 Å². The number of esters is 1. The van der Waals surface area contributed by atoms with E-state index in [0.717, 1.165) is 23.4 Å². The van der Waals surface area contributed by atoms with Gasteiger partial charge in [0.2, 0.25) is 0 Å². The molecule has 0 heterocycles. The van der Waals surface area contributed by atoms with Gasteiger partial charge in [-0.15, -0.1) is 0 Å². The largest absolute Gasteiger partial charge is 0.482 e. The third-order valence-corrected chi connectivity index (χ3v) is 4.68. The Balaban J connectivity index is 1.86. The van der Waals surface area contributed by atoms with Gasteiger partial charge in [0.05, 0.1) is 13.2 Å². The summed E-state index contributed by atoms with van der Waals surface area (Å²) in [5.74, 6) is 0.250. The molecule has 2 aromatic rings. The number of hydrogen-bond donors (Lipinski definition) is 1. The minimum Gasteiger partial charge on any atom is -0.482 e. The monoisotopic (exact) mass is 419 g/mol. The highest BCUT2D eigenvalue weighted by Gasteiger charge is 2.14. The number of halogens is 1. The van der Waals surface area contributed by atoms with E-state index in [1.54, 1.807) is 0 Å². The second kappa shape index (κ2) is 12.5. The highest BCUT2D eigenvalue weighted by Crippen LogP contribution is 2.21. The first-order chi connectivity index (χ1) is 14.0. The molecule has 6 heteroatoms. The van der Waals surface area contributed by atoms with Crippen LogP contribution in [-0.4, -0.2) is 38.9 Å². The summed E-state index contributed by atoms with van der Waals surface area (Å²) in [5, 5.41) is 4.28. The third kappa shape index (κ3) is 8.44. The van der Waals surface area contributed by atoms with Crippen molar-refractivity contribution in [2.75, 3.05) is 26.9 Å². The van der Waals surface area contributed by atoms with Gasteiger partial charge in [-0.3, -0.25) is 0 Å². The van der Waals surface area contributed by atoms with Gasteiger partial charge >= 0.3 is 5.97 Å². The lowest BCUT2D eigenvalue weighted by Crippen LogP contribution is -2.33. The molecule has 0 aliphatic rings. The molecular formula is C23H30ClNO4. The molecule has 1 N–H and O–H groups in total. The molecule has 0 fully saturated rings. The molecule has 0 aliphatic heterocycles. The van der Waals surface area contributed by atoms with Crippen LogP contribution in [0.5, 0.6) is 5.75 Å². The van der Waals surface area contributed by atoms with E-state index in [1.165, 1.54) is 12.7 Å². The number of carbonyl (C=O) groups excluding carboxylic acids is 1. The van der Waals surface area contributed by atoms with Crippen LogP contribution in [0.2, 0.25) is 5.02 Å². The summed E-state index contributed by atoms with van der Waals surface area (Å²) >= 11 is 6.14. The van der Waals surface area contributed by atoms with Gasteiger partial charge < -0.3 is 19.5 Å². The topological polar surface area (TPSA) is 56.8 Å². The van der Waals surface area contributed by atoms with Crippen LogP contribution >= 0.6 is 11.6 Å². The van der Waals surface area contributed by atoms with Crippen LogP contribution in [0.25, 0.3) is 0 Å². The van der Waals surface area contributed by atoms with Crippen LogP contribution in [0, 0.1) is 0 Å². The number of ether oxygens (including phenoxy) is 3. The summed E-state index contributed by atoms with van der Waals surface area (Å²) in [6.07, 6.45) is 1.80. The van der Waals surface area contributed by atoms with Gasteiger partial charge in [-0.25, -0.2) is 4.79 Å². The first-order valence-electron chi connectivity index (χ1n) is 9.90. The standard InChI is InChI=1S/C23H30ClNO4/c1-4-12-28-22(19-6-5-7-20(24)14-19)15-25-17(2)13-18-8-10-21(11-9-18)29-16-23(26)27-3/h5-11,14,17,22,25H,4,12-13,15-16H2,1-3H3. The fraction of sp³-hybridized carbons (Fsp3) is 0.435. The molecule has 2 rings (SSSR count). The SMILES string of the molecule is CCCOC(CNC(C)Cc1ccc(OCC(=O)OC)cc1)c1cccc(Cl)c1. The van der Waals surface area contributed by atoms with Crippen molar-refractivity contribution in [2.45, 2.75) is 38.8 Å². The number of benzene rings is 2. The van der Waals surface area contributed by atoms with Crippen molar-refractivity contribution in [1.29, 1.82) is 0 Å². The molecule has 2 atom stereocenters. The lowest BCUT2D eigenvalue weighted by atomic mass is 10.1. The van der Waals surface area contributed by atoms with Crippen LogP contribution in [0.3, 0.4) is 0 Å². The van der Waals surface area contributed by atoms with Crippen LogP contribution in [0.4, 0.5) is 0 Å². The van der Waals surface area contributed by atoms with E-state index in [9.17, 15) is 4.79 Å². The quantitative estimate of drug-likeness (QED) is 0.510. The second-order valence-electron chi connectivity index (χ2n) is 6.94. The normalized spacial score (nSPS) is 13.0. The average molecular weight is 420 g/mol. The predicted molar refractivity (Wildman–Crippen MR) is 116 cm³/mol. The van der Waals surface area contributed by atoms with Crippen molar-refractivity contribution in [2.24, 2.45) is 0 Å². The minimum atomic E-state index is -0.397. The summed E-state index contributed by atoms with van der Waals surface area (Å²) in [7, 11) is 1.34. The molecule has 0 amide bonds. The molecule has 0 aromatic heterocycles. The predicted octanol–water partition coefficient (Wildman–Crippen LogP) is 4.58. The Labute approximate surface area is 178 Å². The van der Waals surface area contributed by atoms with E-state index in [1.807, 2.05) is 48.5 Å². The minimum absolute atomic E-state index is 0.0369. The Hall–Kier alpha value is -2.08. The second-order valence-corrected chi connectivity index (χ2v) is 7.37. The van der Waals surface area contributed by atoms with Crippen molar-refractivity contribution >= 4 is 17.6 Å². The van der Waals surface area contributed by atoms with Crippen molar-refractivity contribution < 1.29 is 19.0 Å². The molecule has 0 spiro atoms. The zero-order chi connectivity index (χ0) is 21.1. The van der Waals surface area contributed by atoms with Gasteiger partial charge in [0.25, 0.3) is 0 Å². The Kier molecular flexibility index (Phi) is 9.98. The first kappa shape index (κ1) is 23.2. The summed E-state index contributed by atoms with van der Waals surface area (Å²) < 4.78 is 16.0. The number of hydrogen-bond acceptors (Lipinski definition) is 5. The zero-order valence-corrected chi connectivity index (χ0v) is 18.1. The van der Waals surface area contributed by atoms with E-state index in [2.05, 4.69) is 23.9 Å². The van der Waals surface area contributed by atoms with Gasteiger partial charge in [0.15, 0.2) is 6.61 Å². The Morgan fingerprint density at radius 1 is 1.17 bits per heavy atom. The zero-order valence-electron chi connectivity index (χ0n) is 17.3. The molecule has 2 aromatic carbocycles. The summed E-state index contributed by atoms with van der Waals surface area (Å²) in [4.78, 5) is 11.1. The molecule has 2 unspecified atom stereocenters. The van der Waals surface area contributed by atoms with Crippen LogP contribution in [0.1, 0.15) is 37.5 Å². The molecule has 5 nitrogen and oxygen atoms in total. The summed E-state index contributed by atoms with van der Waals surface area (Å²) in [6.45, 7) is 5.58. The maximum atomic E-state index is 11.1. The summed E-state index contributed by atoms with van der Waals surface area (Å²) in [5.41, 5.74) is 2.27.